The molecule has 0 aromatic carbocycles. The van der Waals surface area contributed by atoms with Crippen molar-refractivity contribution in [3.05, 3.63) is 42.1 Å². The van der Waals surface area contributed by atoms with Crippen LogP contribution in [0.4, 0.5) is 0 Å². The molecule has 0 saturated carbocycles. The van der Waals surface area contributed by atoms with Gasteiger partial charge in [0.05, 0.1) is 25.0 Å². The SMILES string of the molecule is CC(NC(=O)CN(C)Cc1cnn(C)c1)c1ccco1. The monoisotopic (exact) mass is 276 g/mol. The van der Waals surface area contributed by atoms with Crippen molar-refractivity contribution < 1.29 is 9.21 Å². The molecular weight excluding hydrogens is 256 g/mol. The lowest BCUT2D eigenvalue weighted by atomic mass is 10.2. The number of nitrogens with one attached hydrogen (secondary N) is 1. The molecular formula is C14H20N4O2. The molecule has 0 spiro atoms. The van der Waals surface area contributed by atoms with E-state index < -0.39 is 0 Å². The number of aromatic nitrogens is 2. The lowest BCUT2D eigenvalue weighted by molar-refractivity contribution is -0.122. The highest BCUT2D eigenvalue weighted by Gasteiger charge is 2.13. The Morgan fingerprint density at radius 1 is 1.60 bits per heavy atom. The van der Waals surface area contributed by atoms with Crippen LogP contribution in [0, 0.1) is 0 Å². The van der Waals surface area contributed by atoms with Crippen LogP contribution in [0.25, 0.3) is 0 Å². The average Bonchev–Trinajstić information content (AvgIpc) is 3.00. The second kappa shape index (κ2) is 6.38. The van der Waals surface area contributed by atoms with Gasteiger partial charge in [-0.25, -0.2) is 0 Å². The van der Waals surface area contributed by atoms with Crippen LogP contribution in [0.15, 0.2) is 35.2 Å². The van der Waals surface area contributed by atoms with Crippen molar-refractivity contribution in [2.24, 2.45) is 7.05 Å². The number of hydrogen-bond donors (Lipinski definition) is 1. The van der Waals surface area contributed by atoms with Crippen molar-refractivity contribution in [3.8, 4) is 0 Å². The van der Waals surface area contributed by atoms with Crippen LogP contribution in [0.3, 0.4) is 0 Å². The van der Waals surface area contributed by atoms with Crippen molar-refractivity contribution in [1.82, 2.24) is 20.0 Å². The van der Waals surface area contributed by atoms with Crippen LogP contribution in [0.2, 0.25) is 0 Å². The molecule has 0 bridgehead atoms. The molecule has 20 heavy (non-hydrogen) atoms. The minimum Gasteiger partial charge on any atom is -0.467 e. The van der Waals surface area contributed by atoms with Crippen molar-refractivity contribution in [3.63, 3.8) is 0 Å². The molecule has 2 aromatic rings. The fourth-order valence-electron chi connectivity index (χ4n) is 2.06. The van der Waals surface area contributed by atoms with Gasteiger partial charge in [0.15, 0.2) is 0 Å². The Labute approximate surface area is 118 Å². The van der Waals surface area contributed by atoms with Gasteiger partial charge in [0.25, 0.3) is 0 Å². The van der Waals surface area contributed by atoms with Crippen molar-refractivity contribution in [2.75, 3.05) is 13.6 Å². The van der Waals surface area contributed by atoms with Gasteiger partial charge in [0.2, 0.25) is 5.91 Å². The van der Waals surface area contributed by atoms with E-state index in [0.717, 1.165) is 11.3 Å². The quantitative estimate of drug-likeness (QED) is 0.864. The topological polar surface area (TPSA) is 63.3 Å². The predicted octanol–water partition coefficient (Wildman–Crippen LogP) is 1.32. The summed E-state index contributed by atoms with van der Waals surface area (Å²) in [5.41, 5.74) is 1.09. The maximum Gasteiger partial charge on any atom is 0.234 e. The second-order valence-corrected chi connectivity index (χ2v) is 5.00. The van der Waals surface area contributed by atoms with Gasteiger partial charge in [0, 0.05) is 25.4 Å². The zero-order chi connectivity index (χ0) is 14.5. The minimum absolute atomic E-state index is 0.0275. The standard InChI is InChI=1S/C14H20N4O2/c1-11(13-5-4-6-20-13)16-14(19)10-17(2)8-12-7-15-18(3)9-12/h4-7,9,11H,8,10H2,1-3H3,(H,16,19). The predicted molar refractivity (Wildman–Crippen MR) is 74.8 cm³/mol. The molecule has 0 aliphatic heterocycles. The number of nitrogens with zero attached hydrogens (tertiary/aromatic N) is 3. The third-order valence-electron chi connectivity index (χ3n) is 2.97. The lowest BCUT2D eigenvalue weighted by Gasteiger charge is -2.17. The zero-order valence-electron chi connectivity index (χ0n) is 12.0. The number of carbonyl (C=O) groups excluding carboxylic acids is 1. The van der Waals surface area contributed by atoms with Crippen LogP contribution < -0.4 is 5.32 Å². The average molecular weight is 276 g/mol. The molecule has 1 atom stereocenters. The van der Waals surface area contributed by atoms with Crippen LogP contribution in [0.1, 0.15) is 24.3 Å². The van der Waals surface area contributed by atoms with E-state index in [1.54, 1.807) is 17.1 Å². The summed E-state index contributed by atoms with van der Waals surface area (Å²) in [6.45, 7) is 2.92. The summed E-state index contributed by atoms with van der Waals surface area (Å²) >= 11 is 0. The molecule has 2 heterocycles. The molecule has 0 aliphatic carbocycles. The van der Waals surface area contributed by atoms with Crippen LogP contribution in [0.5, 0.6) is 0 Å². The molecule has 1 N–H and O–H groups in total. The fourth-order valence-corrected chi connectivity index (χ4v) is 2.06. The lowest BCUT2D eigenvalue weighted by Crippen LogP contribution is -2.36. The third kappa shape index (κ3) is 3.96. The second-order valence-electron chi connectivity index (χ2n) is 5.00. The van der Waals surface area contributed by atoms with Crippen LogP contribution in [-0.2, 0) is 18.4 Å². The fraction of sp³-hybridized carbons (Fsp3) is 0.429. The Balaban J connectivity index is 1.79. The van der Waals surface area contributed by atoms with Gasteiger partial charge in [-0.2, -0.15) is 5.10 Å². The van der Waals surface area contributed by atoms with Gasteiger partial charge in [-0.3, -0.25) is 14.4 Å². The van der Waals surface area contributed by atoms with E-state index in [2.05, 4.69) is 10.4 Å². The van der Waals surface area contributed by atoms with Crippen LogP contribution in [-0.4, -0.2) is 34.2 Å². The van der Waals surface area contributed by atoms with E-state index >= 15 is 0 Å². The van der Waals surface area contributed by atoms with Gasteiger partial charge in [-0.1, -0.05) is 0 Å². The maximum atomic E-state index is 11.9. The van der Waals surface area contributed by atoms with Gasteiger partial charge in [-0.15, -0.1) is 0 Å². The summed E-state index contributed by atoms with van der Waals surface area (Å²) in [6.07, 6.45) is 5.35. The summed E-state index contributed by atoms with van der Waals surface area (Å²) in [4.78, 5) is 13.9. The van der Waals surface area contributed by atoms with Crippen molar-refractivity contribution >= 4 is 5.91 Å². The number of amides is 1. The van der Waals surface area contributed by atoms with Crippen LogP contribution >= 0.6 is 0 Å². The Bertz CT molecular complexity index is 547. The van der Waals surface area contributed by atoms with E-state index in [4.69, 9.17) is 4.42 Å². The molecule has 0 saturated heterocycles. The van der Waals surface area contributed by atoms with E-state index in [-0.39, 0.29) is 11.9 Å². The summed E-state index contributed by atoms with van der Waals surface area (Å²) in [5, 5.41) is 7.02. The minimum atomic E-state index is -0.121. The number of carbonyl (C=O) groups is 1. The number of rotatable bonds is 6. The first-order valence-corrected chi connectivity index (χ1v) is 6.53. The number of hydrogen-bond acceptors (Lipinski definition) is 4. The highest BCUT2D eigenvalue weighted by Crippen LogP contribution is 2.11. The Hall–Kier alpha value is -2.08. The summed E-state index contributed by atoms with van der Waals surface area (Å²) in [5.74, 6) is 0.730. The van der Waals surface area contributed by atoms with E-state index in [9.17, 15) is 4.79 Å². The van der Waals surface area contributed by atoms with Gasteiger partial charge in [0.1, 0.15) is 5.76 Å². The molecule has 108 valence electrons. The molecule has 0 fully saturated rings. The molecule has 1 amide bonds. The Morgan fingerprint density at radius 3 is 3.00 bits per heavy atom. The number of aryl methyl sites for hydroxylation is 1. The van der Waals surface area contributed by atoms with E-state index in [1.807, 2.05) is 44.2 Å². The molecule has 2 aromatic heterocycles. The zero-order valence-corrected chi connectivity index (χ0v) is 12.0. The number of likely N-dealkylation sites (N-methyl/N-ethyl adjacent to an activating group) is 1. The smallest absolute Gasteiger partial charge is 0.234 e. The van der Waals surface area contributed by atoms with Gasteiger partial charge < -0.3 is 9.73 Å². The molecule has 2 rings (SSSR count). The van der Waals surface area contributed by atoms with Crippen molar-refractivity contribution in [2.45, 2.75) is 19.5 Å². The first-order valence-electron chi connectivity index (χ1n) is 6.53. The number of furan rings is 1. The summed E-state index contributed by atoms with van der Waals surface area (Å²) < 4.78 is 7.01. The van der Waals surface area contributed by atoms with Crippen molar-refractivity contribution in [1.29, 1.82) is 0 Å². The van der Waals surface area contributed by atoms with E-state index in [1.165, 1.54) is 0 Å². The highest BCUT2D eigenvalue weighted by molar-refractivity contribution is 5.78. The molecule has 0 aliphatic rings. The summed E-state index contributed by atoms with van der Waals surface area (Å²) in [7, 11) is 3.78. The molecule has 1 unspecified atom stereocenters. The first-order chi connectivity index (χ1) is 9.54. The normalized spacial score (nSPS) is 12.6. The summed E-state index contributed by atoms with van der Waals surface area (Å²) in [6, 6.07) is 3.54. The Morgan fingerprint density at radius 2 is 2.40 bits per heavy atom. The molecule has 6 nitrogen and oxygen atoms in total. The van der Waals surface area contributed by atoms with E-state index in [0.29, 0.717) is 13.1 Å². The first kappa shape index (κ1) is 14.3. The molecule has 6 heteroatoms. The highest BCUT2D eigenvalue weighted by atomic mass is 16.3. The third-order valence-corrected chi connectivity index (χ3v) is 2.97. The largest absolute Gasteiger partial charge is 0.467 e. The Kier molecular flexibility index (Phi) is 4.57. The maximum absolute atomic E-state index is 11.9. The van der Waals surface area contributed by atoms with Gasteiger partial charge >= 0.3 is 0 Å². The van der Waals surface area contributed by atoms with Gasteiger partial charge in [-0.05, 0) is 26.1 Å². The molecule has 0 radical (unpaired) electrons.